The molecule has 4 rings (SSSR count). The predicted molar refractivity (Wildman–Crippen MR) is 183 cm³/mol. The van der Waals surface area contributed by atoms with Gasteiger partial charge in [-0.2, -0.15) is 0 Å². The minimum absolute atomic E-state index is 0.0611. The van der Waals surface area contributed by atoms with Crippen LogP contribution in [0.4, 0.5) is 0 Å². The Balaban J connectivity index is 0.00000259. The van der Waals surface area contributed by atoms with Gasteiger partial charge in [0.15, 0.2) is 0 Å². The van der Waals surface area contributed by atoms with E-state index in [1.807, 2.05) is 18.7 Å². The summed E-state index contributed by atoms with van der Waals surface area (Å²) in [6.07, 6.45) is 3.77. The highest BCUT2D eigenvalue weighted by atomic mass is 35.5. The van der Waals surface area contributed by atoms with Gasteiger partial charge in [-0.1, -0.05) is 67.0 Å². The number of piperidine rings is 1. The van der Waals surface area contributed by atoms with Crippen LogP contribution in [0.5, 0.6) is 5.75 Å². The molecular formula is C34H48ClN3O4S2. The Hall–Kier alpha value is -2.49. The SMILES string of the molecule is CC.CCOC(=O)Cc1cnc(CC(=O)N2CCC(c3nc(-c4cc(C(C)(C)C)c(OC)c(C(C)(C)C)c4)c(Cl)s3)CC2)s1. The summed E-state index contributed by atoms with van der Waals surface area (Å²) in [5.74, 6) is 0.966. The number of carbonyl (C=O) groups is 2. The standard InChI is InChI=1S/C32H42ClN3O4S2.C2H6/c1-9-40-26(38)16-21-18-34-24(41-21)17-25(37)36-12-10-19(11-13-36)30-35-27(29(33)42-30)20-14-22(31(2,3)4)28(39-8)23(15-20)32(5,6)7;1-2/h14-15,18-19H,9-13,16-17H2,1-8H3;1-2H3. The lowest BCUT2D eigenvalue weighted by molar-refractivity contribution is -0.142. The van der Waals surface area contributed by atoms with Crippen molar-refractivity contribution >= 4 is 46.2 Å². The average molecular weight is 662 g/mol. The number of likely N-dealkylation sites (tertiary alicyclic amines) is 1. The van der Waals surface area contributed by atoms with Crippen molar-refractivity contribution in [1.29, 1.82) is 0 Å². The number of carbonyl (C=O) groups excluding carboxylic acids is 2. The Morgan fingerprint density at radius 1 is 1.00 bits per heavy atom. The zero-order chi connectivity index (χ0) is 32.8. The molecule has 1 saturated heterocycles. The van der Waals surface area contributed by atoms with Crippen molar-refractivity contribution in [2.75, 3.05) is 26.8 Å². The van der Waals surface area contributed by atoms with Crippen molar-refractivity contribution in [3.8, 4) is 17.0 Å². The number of thiazole rings is 2. The topological polar surface area (TPSA) is 81.6 Å². The molecular weight excluding hydrogens is 614 g/mol. The third kappa shape index (κ3) is 8.82. The summed E-state index contributed by atoms with van der Waals surface area (Å²) in [5.41, 5.74) is 3.87. The number of halogens is 1. The summed E-state index contributed by atoms with van der Waals surface area (Å²) in [6.45, 7) is 20.6. The highest BCUT2D eigenvalue weighted by molar-refractivity contribution is 7.16. The number of methoxy groups -OCH3 is 1. The molecule has 0 radical (unpaired) electrons. The quantitative estimate of drug-likeness (QED) is 0.225. The van der Waals surface area contributed by atoms with Crippen molar-refractivity contribution in [3.63, 3.8) is 0 Å². The van der Waals surface area contributed by atoms with Gasteiger partial charge in [0.25, 0.3) is 0 Å². The lowest BCUT2D eigenvalue weighted by Crippen LogP contribution is -2.38. The second-order valence-corrected chi connectivity index (χ2v) is 15.6. The van der Waals surface area contributed by atoms with Crippen LogP contribution in [0.3, 0.4) is 0 Å². The maximum atomic E-state index is 13.0. The summed E-state index contributed by atoms with van der Waals surface area (Å²) in [5, 5.41) is 1.75. The van der Waals surface area contributed by atoms with Crippen molar-refractivity contribution in [1.82, 2.24) is 14.9 Å². The minimum Gasteiger partial charge on any atom is -0.496 e. The fraction of sp³-hybridized carbons (Fsp3) is 0.588. The maximum absolute atomic E-state index is 13.0. The first-order valence-electron chi connectivity index (χ1n) is 15.5. The molecule has 1 fully saturated rings. The normalized spacial score (nSPS) is 14.2. The van der Waals surface area contributed by atoms with E-state index >= 15 is 0 Å². The van der Waals surface area contributed by atoms with Crippen LogP contribution in [0.1, 0.15) is 107 Å². The third-order valence-corrected chi connectivity index (χ3v) is 9.92. The van der Waals surface area contributed by atoms with Crippen LogP contribution in [0.25, 0.3) is 11.3 Å². The monoisotopic (exact) mass is 661 g/mol. The van der Waals surface area contributed by atoms with Crippen molar-refractivity contribution < 1.29 is 19.1 Å². The van der Waals surface area contributed by atoms with E-state index < -0.39 is 0 Å². The lowest BCUT2D eigenvalue weighted by Gasteiger charge is -2.31. The van der Waals surface area contributed by atoms with E-state index in [4.69, 9.17) is 26.1 Å². The molecule has 0 N–H and O–H groups in total. The van der Waals surface area contributed by atoms with Crippen molar-refractivity contribution in [2.24, 2.45) is 0 Å². The zero-order valence-corrected chi connectivity index (χ0v) is 30.3. The molecule has 10 heteroatoms. The number of hydrogen-bond acceptors (Lipinski definition) is 8. The zero-order valence-electron chi connectivity index (χ0n) is 27.9. The molecule has 3 aromatic rings. The molecule has 1 aliphatic heterocycles. The van der Waals surface area contributed by atoms with Crippen LogP contribution < -0.4 is 4.74 Å². The van der Waals surface area contributed by atoms with Gasteiger partial charge >= 0.3 is 5.97 Å². The molecule has 242 valence electrons. The molecule has 1 aliphatic rings. The molecule has 0 unspecified atom stereocenters. The van der Waals surface area contributed by atoms with E-state index in [1.54, 1.807) is 31.6 Å². The molecule has 0 bridgehead atoms. The van der Waals surface area contributed by atoms with Gasteiger partial charge in [0.2, 0.25) is 5.91 Å². The molecule has 0 atom stereocenters. The molecule has 2 aromatic heterocycles. The highest BCUT2D eigenvalue weighted by Crippen LogP contribution is 2.45. The molecule has 44 heavy (non-hydrogen) atoms. The summed E-state index contributed by atoms with van der Waals surface area (Å²) in [4.78, 5) is 36.9. The Kier molecular flexibility index (Phi) is 12.4. The van der Waals surface area contributed by atoms with E-state index in [0.717, 1.165) is 55.9 Å². The first kappa shape index (κ1) is 36.0. The van der Waals surface area contributed by atoms with Gasteiger partial charge in [-0.15, -0.1) is 22.7 Å². The molecule has 0 saturated carbocycles. The Labute approximate surface area is 276 Å². The molecule has 0 spiro atoms. The Bertz CT molecular complexity index is 1390. The van der Waals surface area contributed by atoms with E-state index in [9.17, 15) is 9.59 Å². The number of aromatic nitrogens is 2. The number of nitrogens with zero attached hydrogens (tertiary/aromatic N) is 3. The number of ether oxygens (including phenoxy) is 2. The van der Waals surface area contributed by atoms with Crippen LogP contribution in [0.2, 0.25) is 4.34 Å². The Morgan fingerprint density at radius 3 is 2.11 bits per heavy atom. The fourth-order valence-corrected chi connectivity index (χ4v) is 7.52. The van der Waals surface area contributed by atoms with Crippen LogP contribution in [-0.2, 0) is 38.0 Å². The first-order valence-corrected chi connectivity index (χ1v) is 17.5. The first-order chi connectivity index (χ1) is 20.7. The largest absolute Gasteiger partial charge is 0.496 e. The van der Waals surface area contributed by atoms with E-state index in [2.05, 4.69) is 58.7 Å². The van der Waals surface area contributed by atoms with Gasteiger partial charge in [0.1, 0.15) is 20.8 Å². The number of esters is 1. The summed E-state index contributed by atoms with van der Waals surface area (Å²) >= 11 is 9.80. The highest BCUT2D eigenvalue weighted by Gasteiger charge is 2.31. The fourth-order valence-electron chi connectivity index (χ4n) is 5.25. The van der Waals surface area contributed by atoms with Gasteiger partial charge < -0.3 is 14.4 Å². The van der Waals surface area contributed by atoms with E-state index in [-0.39, 0.29) is 41.5 Å². The molecule has 0 aliphatic carbocycles. The van der Waals surface area contributed by atoms with Crippen LogP contribution in [-0.4, -0.2) is 53.6 Å². The third-order valence-electron chi connectivity index (χ3n) is 7.51. The molecule has 1 amide bonds. The predicted octanol–water partition coefficient (Wildman–Crippen LogP) is 8.60. The minimum atomic E-state index is -0.275. The second-order valence-electron chi connectivity index (χ2n) is 12.8. The second kappa shape index (κ2) is 15.2. The molecule has 7 nitrogen and oxygen atoms in total. The van der Waals surface area contributed by atoms with Crippen molar-refractivity contribution in [2.45, 2.75) is 105 Å². The van der Waals surface area contributed by atoms with Crippen LogP contribution in [0.15, 0.2) is 18.3 Å². The lowest BCUT2D eigenvalue weighted by atomic mass is 9.78. The van der Waals surface area contributed by atoms with Gasteiger partial charge in [0.05, 0.1) is 31.6 Å². The number of rotatable bonds is 8. The van der Waals surface area contributed by atoms with Gasteiger partial charge in [-0.05, 0) is 42.7 Å². The van der Waals surface area contributed by atoms with Crippen LogP contribution in [0, 0.1) is 0 Å². The summed E-state index contributed by atoms with van der Waals surface area (Å²) < 4.78 is 11.6. The summed E-state index contributed by atoms with van der Waals surface area (Å²) in [7, 11) is 1.74. The van der Waals surface area contributed by atoms with Crippen LogP contribution >= 0.6 is 34.3 Å². The average Bonchev–Trinajstić information content (AvgIpc) is 3.58. The van der Waals surface area contributed by atoms with Gasteiger partial charge in [-0.25, -0.2) is 9.97 Å². The Morgan fingerprint density at radius 2 is 1.59 bits per heavy atom. The maximum Gasteiger partial charge on any atom is 0.311 e. The molecule has 1 aromatic carbocycles. The smallest absolute Gasteiger partial charge is 0.311 e. The van der Waals surface area contributed by atoms with E-state index in [1.165, 1.54) is 11.3 Å². The van der Waals surface area contributed by atoms with Crippen molar-refractivity contribution in [3.05, 3.63) is 48.7 Å². The van der Waals surface area contributed by atoms with Gasteiger partial charge in [0, 0.05) is 46.8 Å². The summed E-state index contributed by atoms with van der Waals surface area (Å²) in [6, 6.07) is 4.35. The molecule has 3 heterocycles. The van der Waals surface area contributed by atoms with Gasteiger partial charge in [-0.3, -0.25) is 9.59 Å². The number of amides is 1. The number of benzene rings is 1. The van der Waals surface area contributed by atoms with E-state index in [0.29, 0.717) is 24.0 Å². The number of hydrogen-bond donors (Lipinski definition) is 0.